The Morgan fingerprint density at radius 3 is 2.83 bits per heavy atom. The van der Waals surface area contributed by atoms with E-state index in [1.807, 2.05) is 31.1 Å². The summed E-state index contributed by atoms with van der Waals surface area (Å²) in [6, 6.07) is 6.97. The average Bonchev–Trinajstić information content (AvgIpc) is 3.02. The van der Waals surface area contributed by atoms with Crippen LogP contribution in [-0.2, 0) is 0 Å². The van der Waals surface area contributed by atoms with E-state index < -0.39 is 0 Å². The third kappa shape index (κ3) is 3.52. The molecule has 0 amide bonds. The van der Waals surface area contributed by atoms with Gasteiger partial charge in [0.05, 0.1) is 5.69 Å². The number of benzene rings is 1. The van der Waals surface area contributed by atoms with E-state index >= 15 is 0 Å². The number of hydrogen-bond acceptors (Lipinski definition) is 5. The first-order valence-electron chi connectivity index (χ1n) is 7.87. The molecule has 1 atom stereocenters. The molecule has 1 aromatic carbocycles. The van der Waals surface area contributed by atoms with Gasteiger partial charge in [0.15, 0.2) is 11.6 Å². The predicted molar refractivity (Wildman–Crippen MR) is 91.6 cm³/mol. The van der Waals surface area contributed by atoms with E-state index in [0.717, 1.165) is 37.7 Å². The standard InChI is InChI=1S/C17H22FN5/c1-22(2)17-16(19-8-9-20-17)21-11-13-7-10-23(12-13)15-6-4-3-5-14(15)18/h3-6,8-9,13H,7,10-12H2,1-2H3,(H,19,21). The second kappa shape index (κ2) is 6.81. The van der Waals surface area contributed by atoms with Gasteiger partial charge in [0, 0.05) is 46.1 Å². The normalized spacial score (nSPS) is 17.3. The van der Waals surface area contributed by atoms with E-state index in [-0.39, 0.29) is 5.82 Å². The van der Waals surface area contributed by atoms with Crippen LogP contribution in [0.1, 0.15) is 6.42 Å². The summed E-state index contributed by atoms with van der Waals surface area (Å²) in [7, 11) is 3.90. The Morgan fingerprint density at radius 1 is 1.26 bits per heavy atom. The van der Waals surface area contributed by atoms with Gasteiger partial charge in [-0.25, -0.2) is 14.4 Å². The molecule has 6 heteroatoms. The van der Waals surface area contributed by atoms with Crippen LogP contribution in [0.5, 0.6) is 0 Å². The molecule has 1 fully saturated rings. The van der Waals surface area contributed by atoms with Gasteiger partial charge in [-0.3, -0.25) is 0 Å². The maximum atomic E-state index is 13.9. The zero-order chi connectivity index (χ0) is 16.2. The summed E-state index contributed by atoms with van der Waals surface area (Å²) >= 11 is 0. The van der Waals surface area contributed by atoms with Crippen molar-refractivity contribution >= 4 is 17.3 Å². The Labute approximate surface area is 136 Å². The molecule has 3 rings (SSSR count). The maximum Gasteiger partial charge on any atom is 0.171 e. The lowest BCUT2D eigenvalue weighted by Gasteiger charge is -2.20. The van der Waals surface area contributed by atoms with Crippen LogP contribution < -0.4 is 15.1 Å². The highest BCUT2D eigenvalue weighted by Gasteiger charge is 2.24. The smallest absolute Gasteiger partial charge is 0.171 e. The quantitative estimate of drug-likeness (QED) is 0.919. The second-order valence-corrected chi connectivity index (χ2v) is 6.06. The minimum absolute atomic E-state index is 0.148. The van der Waals surface area contributed by atoms with Gasteiger partial charge in [-0.2, -0.15) is 0 Å². The van der Waals surface area contributed by atoms with Gasteiger partial charge in [0.25, 0.3) is 0 Å². The van der Waals surface area contributed by atoms with E-state index in [1.54, 1.807) is 18.5 Å². The van der Waals surface area contributed by atoms with Crippen molar-refractivity contribution in [3.05, 3.63) is 42.5 Å². The third-order valence-corrected chi connectivity index (χ3v) is 4.14. The first kappa shape index (κ1) is 15.5. The minimum atomic E-state index is -0.148. The predicted octanol–water partition coefficient (Wildman–Crippen LogP) is 2.62. The third-order valence-electron chi connectivity index (χ3n) is 4.14. The number of nitrogens with zero attached hydrogens (tertiary/aromatic N) is 4. The van der Waals surface area contributed by atoms with Crippen molar-refractivity contribution in [1.29, 1.82) is 0 Å². The fourth-order valence-corrected chi connectivity index (χ4v) is 2.95. The Hall–Kier alpha value is -2.37. The molecule has 0 radical (unpaired) electrons. The number of nitrogens with one attached hydrogen (secondary N) is 1. The van der Waals surface area contributed by atoms with E-state index in [1.165, 1.54) is 6.07 Å². The highest BCUT2D eigenvalue weighted by Crippen LogP contribution is 2.26. The molecule has 0 bridgehead atoms. The summed E-state index contributed by atoms with van der Waals surface area (Å²) < 4.78 is 13.9. The van der Waals surface area contributed by atoms with Gasteiger partial charge in [0.1, 0.15) is 5.82 Å². The van der Waals surface area contributed by atoms with E-state index in [9.17, 15) is 4.39 Å². The zero-order valence-electron chi connectivity index (χ0n) is 13.5. The summed E-state index contributed by atoms with van der Waals surface area (Å²) in [4.78, 5) is 12.8. The maximum absolute atomic E-state index is 13.9. The zero-order valence-corrected chi connectivity index (χ0v) is 13.5. The van der Waals surface area contributed by atoms with Crippen LogP contribution in [0, 0.1) is 11.7 Å². The number of aromatic nitrogens is 2. The van der Waals surface area contributed by atoms with Gasteiger partial charge in [-0.05, 0) is 24.5 Å². The summed E-state index contributed by atoms with van der Waals surface area (Å²) in [5.74, 6) is 1.94. The average molecular weight is 315 g/mol. The molecule has 0 saturated carbocycles. The van der Waals surface area contributed by atoms with Crippen molar-refractivity contribution < 1.29 is 4.39 Å². The molecular formula is C17H22FN5. The highest BCUT2D eigenvalue weighted by atomic mass is 19.1. The molecule has 1 aromatic heterocycles. The van der Waals surface area contributed by atoms with Gasteiger partial charge in [0.2, 0.25) is 0 Å². The Bertz CT molecular complexity index is 661. The van der Waals surface area contributed by atoms with E-state index in [4.69, 9.17) is 0 Å². The van der Waals surface area contributed by atoms with Crippen LogP contribution in [0.25, 0.3) is 0 Å². The Kier molecular flexibility index (Phi) is 4.60. The molecule has 0 aliphatic carbocycles. The molecule has 2 aromatic rings. The topological polar surface area (TPSA) is 44.3 Å². The second-order valence-electron chi connectivity index (χ2n) is 6.06. The number of anilines is 3. The Morgan fingerprint density at radius 2 is 2.04 bits per heavy atom. The molecule has 1 saturated heterocycles. The molecule has 1 aliphatic heterocycles. The van der Waals surface area contributed by atoms with Crippen molar-refractivity contribution in [3.8, 4) is 0 Å². The lowest BCUT2D eigenvalue weighted by atomic mass is 10.1. The van der Waals surface area contributed by atoms with Crippen LogP contribution in [0.4, 0.5) is 21.7 Å². The van der Waals surface area contributed by atoms with Crippen LogP contribution in [0.3, 0.4) is 0 Å². The number of hydrogen-bond donors (Lipinski definition) is 1. The largest absolute Gasteiger partial charge is 0.369 e. The van der Waals surface area contributed by atoms with Crippen molar-refractivity contribution in [3.63, 3.8) is 0 Å². The first-order valence-corrected chi connectivity index (χ1v) is 7.87. The monoisotopic (exact) mass is 315 g/mol. The van der Waals surface area contributed by atoms with Crippen molar-refractivity contribution in [1.82, 2.24) is 9.97 Å². The van der Waals surface area contributed by atoms with Crippen molar-refractivity contribution in [2.75, 3.05) is 48.8 Å². The molecule has 5 nitrogen and oxygen atoms in total. The summed E-state index contributed by atoms with van der Waals surface area (Å²) in [6.07, 6.45) is 4.42. The molecular weight excluding hydrogens is 293 g/mol. The minimum Gasteiger partial charge on any atom is -0.369 e. The molecule has 0 spiro atoms. The van der Waals surface area contributed by atoms with E-state index in [2.05, 4.69) is 20.2 Å². The lowest BCUT2D eigenvalue weighted by molar-refractivity contribution is 0.610. The lowest BCUT2D eigenvalue weighted by Crippen LogP contribution is -2.24. The number of rotatable bonds is 5. The van der Waals surface area contributed by atoms with Crippen LogP contribution in [-0.4, -0.2) is 43.7 Å². The van der Waals surface area contributed by atoms with Crippen molar-refractivity contribution in [2.45, 2.75) is 6.42 Å². The Balaban J connectivity index is 1.60. The van der Waals surface area contributed by atoms with Crippen molar-refractivity contribution in [2.24, 2.45) is 5.92 Å². The summed E-state index contributed by atoms with van der Waals surface area (Å²) in [6.45, 7) is 2.55. The summed E-state index contributed by atoms with van der Waals surface area (Å²) in [5.41, 5.74) is 0.698. The molecule has 1 unspecified atom stereocenters. The highest BCUT2D eigenvalue weighted by molar-refractivity contribution is 5.59. The van der Waals surface area contributed by atoms with Gasteiger partial charge in [-0.15, -0.1) is 0 Å². The molecule has 1 aliphatic rings. The van der Waals surface area contributed by atoms with Gasteiger partial charge in [-0.1, -0.05) is 12.1 Å². The molecule has 23 heavy (non-hydrogen) atoms. The fraction of sp³-hybridized carbons (Fsp3) is 0.412. The number of para-hydroxylation sites is 1. The van der Waals surface area contributed by atoms with Crippen LogP contribution >= 0.6 is 0 Å². The first-order chi connectivity index (χ1) is 11.1. The van der Waals surface area contributed by atoms with Crippen LogP contribution in [0.2, 0.25) is 0 Å². The number of halogens is 1. The molecule has 2 heterocycles. The van der Waals surface area contributed by atoms with Gasteiger partial charge < -0.3 is 15.1 Å². The van der Waals surface area contributed by atoms with E-state index in [0.29, 0.717) is 11.6 Å². The van der Waals surface area contributed by atoms with Crippen LogP contribution in [0.15, 0.2) is 36.7 Å². The summed E-state index contributed by atoms with van der Waals surface area (Å²) in [5, 5.41) is 3.39. The SMILES string of the molecule is CN(C)c1nccnc1NCC1CCN(c2ccccc2F)C1. The molecule has 1 N–H and O–H groups in total. The fourth-order valence-electron chi connectivity index (χ4n) is 2.95. The molecule has 122 valence electrons. The van der Waals surface area contributed by atoms with Gasteiger partial charge >= 0.3 is 0 Å².